The second-order valence-electron chi connectivity index (χ2n) is 14.2. The maximum absolute atomic E-state index is 15.1. The zero-order valence-corrected chi connectivity index (χ0v) is 30.0. The molecule has 10 heteroatoms. The fourth-order valence-electron chi connectivity index (χ4n) is 8.43. The van der Waals surface area contributed by atoms with Gasteiger partial charge in [0.25, 0.3) is 5.91 Å². The van der Waals surface area contributed by atoms with Gasteiger partial charge in [0.15, 0.2) is 0 Å². The highest BCUT2D eigenvalue weighted by Crippen LogP contribution is 2.59. The van der Waals surface area contributed by atoms with Crippen molar-refractivity contribution in [3.8, 4) is 0 Å². The number of carbonyl (C=O) groups excluding carboxylic acids is 4. The first-order valence-electron chi connectivity index (χ1n) is 18.3. The van der Waals surface area contributed by atoms with Crippen LogP contribution in [-0.2, 0) is 28.7 Å². The summed E-state index contributed by atoms with van der Waals surface area (Å²) in [6.07, 6.45) is 4.90. The number of nitrogens with zero attached hydrogens (tertiary/aromatic N) is 2. The summed E-state index contributed by atoms with van der Waals surface area (Å²) in [4.78, 5) is 60.0. The molecule has 0 saturated carbocycles. The Morgan fingerprint density at radius 1 is 1.08 bits per heavy atom. The van der Waals surface area contributed by atoms with Crippen LogP contribution in [0, 0.1) is 17.8 Å². The van der Waals surface area contributed by atoms with E-state index in [1.165, 1.54) is 4.90 Å². The van der Waals surface area contributed by atoms with Crippen LogP contribution in [0.5, 0.6) is 0 Å². The summed E-state index contributed by atoms with van der Waals surface area (Å²) in [5.74, 6) is -3.52. The monoisotopic (exact) mass is 707 g/mol. The van der Waals surface area contributed by atoms with Crippen LogP contribution in [0.15, 0.2) is 98.1 Å². The van der Waals surface area contributed by atoms with Crippen molar-refractivity contribution in [2.24, 2.45) is 17.8 Å². The number of hydrogen-bond donors (Lipinski definition) is 2. The Hall–Kier alpha value is -4.80. The number of benzene rings is 3. The first kappa shape index (κ1) is 37.0. The van der Waals surface area contributed by atoms with Crippen LogP contribution in [0.1, 0.15) is 57.6 Å². The molecule has 0 unspecified atom stereocenters. The number of aliphatic hydroxyl groups is 1. The molecule has 10 nitrogen and oxygen atoms in total. The Balaban J connectivity index is 1.36. The SMILES string of the molecule is C=CCCC(=O)OC[C@@H](NC(=O)[C@@H]1[C@H]2C(=O)N([C@@H](CO)[C@@H](C)CC)[C@H](C(=O)N(CC=C)c3ccc4ccccc4c3)[C@]23CC[C@H]1O3)c1ccccc1. The van der Waals surface area contributed by atoms with E-state index in [0.717, 1.165) is 16.3 Å². The van der Waals surface area contributed by atoms with Crippen molar-refractivity contribution < 1.29 is 33.8 Å². The van der Waals surface area contributed by atoms with Gasteiger partial charge in [0.1, 0.15) is 18.2 Å². The average Bonchev–Trinajstić information content (AvgIpc) is 3.82. The second-order valence-corrected chi connectivity index (χ2v) is 14.2. The Morgan fingerprint density at radius 2 is 1.81 bits per heavy atom. The minimum absolute atomic E-state index is 0.0934. The Labute approximate surface area is 305 Å². The van der Waals surface area contributed by atoms with Gasteiger partial charge in [-0.15, -0.1) is 13.2 Å². The quantitative estimate of drug-likeness (QED) is 0.149. The van der Waals surface area contributed by atoms with E-state index < -0.39 is 53.5 Å². The minimum atomic E-state index is -1.28. The molecule has 3 fully saturated rings. The summed E-state index contributed by atoms with van der Waals surface area (Å²) >= 11 is 0. The molecule has 3 aromatic rings. The fraction of sp³-hybridized carbons (Fsp3) is 0.429. The van der Waals surface area contributed by atoms with Crippen molar-refractivity contribution in [1.29, 1.82) is 0 Å². The molecule has 2 N–H and O–H groups in total. The molecule has 1 spiro atoms. The molecule has 3 aliphatic rings. The Morgan fingerprint density at radius 3 is 2.50 bits per heavy atom. The number of allylic oxidation sites excluding steroid dienone is 1. The van der Waals surface area contributed by atoms with Crippen molar-refractivity contribution in [2.45, 2.75) is 75.8 Å². The lowest BCUT2D eigenvalue weighted by atomic mass is 9.70. The molecule has 3 aliphatic heterocycles. The number of nitrogens with one attached hydrogen (secondary N) is 1. The van der Waals surface area contributed by atoms with Gasteiger partial charge in [0.2, 0.25) is 11.8 Å². The zero-order chi connectivity index (χ0) is 37.0. The highest BCUT2D eigenvalue weighted by molar-refractivity contribution is 6.06. The minimum Gasteiger partial charge on any atom is -0.463 e. The number of fused-ring (bicyclic) bond motifs is 2. The maximum Gasteiger partial charge on any atom is 0.306 e. The largest absolute Gasteiger partial charge is 0.463 e. The number of ether oxygens (including phenoxy) is 2. The number of amides is 3. The van der Waals surface area contributed by atoms with Crippen LogP contribution in [0.3, 0.4) is 0 Å². The zero-order valence-electron chi connectivity index (χ0n) is 30.0. The van der Waals surface area contributed by atoms with Crippen molar-refractivity contribution >= 4 is 40.2 Å². The number of likely N-dealkylation sites (tertiary alicyclic amines) is 1. The molecule has 0 radical (unpaired) electrons. The third-order valence-electron chi connectivity index (χ3n) is 11.2. The highest BCUT2D eigenvalue weighted by atomic mass is 16.5. The standard InChI is InChI=1S/C42H49N3O7/c1-5-8-18-35(47)51-26-32(29-15-10-9-11-16-29)43-39(48)36-34-21-22-42(52-34)37(36)40(49)45(33(25-46)27(4)7-3)38(42)41(50)44(23-6-2)31-20-19-28-14-12-13-17-30(28)24-31/h5-6,9-17,19-20,24,27,32-34,36-38,46H,1-2,7-8,18,21-23,25-26H2,3-4H3,(H,43,48)/t27-,32+,33-,34+,36-,37-,38+,42-/m0/s1. The van der Waals surface area contributed by atoms with E-state index in [1.54, 1.807) is 17.1 Å². The summed E-state index contributed by atoms with van der Waals surface area (Å²) in [6, 6.07) is 20.5. The Bertz CT molecular complexity index is 1810. The second kappa shape index (κ2) is 15.8. The molecule has 6 rings (SSSR count). The predicted molar refractivity (Wildman–Crippen MR) is 199 cm³/mol. The number of esters is 1. The number of anilines is 1. The van der Waals surface area contributed by atoms with Crippen LogP contribution < -0.4 is 10.2 Å². The molecule has 0 aromatic heterocycles. The topological polar surface area (TPSA) is 125 Å². The van der Waals surface area contributed by atoms with Crippen molar-refractivity contribution in [3.05, 3.63) is 104 Å². The van der Waals surface area contributed by atoms with E-state index in [2.05, 4.69) is 18.5 Å². The van der Waals surface area contributed by atoms with E-state index in [0.29, 0.717) is 31.4 Å². The van der Waals surface area contributed by atoms with Crippen molar-refractivity contribution in [1.82, 2.24) is 10.2 Å². The van der Waals surface area contributed by atoms with Crippen molar-refractivity contribution in [2.75, 3.05) is 24.7 Å². The molecule has 3 amide bonds. The van der Waals surface area contributed by atoms with Crippen LogP contribution in [0.25, 0.3) is 10.8 Å². The number of hydrogen-bond acceptors (Lipinski definition) is 7. The highest BCUT2D eigenvalue weighted by Gasteiger charge is 2.75. The van der Waals surface area contributed by atoms with Gasteiger partial charge >= 0.3 is 5.97 Å². The molecule has 2 bridgehead atoms. The lowest BCUT2D eigenvalue weighted by Crippen LogP contribution is -2.60. The van der Waals surface area contributed by atoms with Crippen LogP contribution in [0.4, 0.5) is 5.69 Å². The van der Waals surface area contributed by atoms with Gasteiger partial charge in [-0.05, 0) is 53.6 Å². The molecule has 3 aromatic carbocycles. The van der Waals surface area contributed by atoms with Gasteiger partial charge < -0.3 is 29.7 Å². The molecular weight excluding hydrogens is 658 g/mol. The molecular formula is C42H49N3O7. The van der Waals surface area contributed by atoms with E-state index in [1.807, 2.05) is 86.6 Å². The van der Waals surface area contributed by atoms with E-state index in [4.69, 9.17) is 9.47 Å². The van der Waals surface area contributed by atoms with Crippen LogP contribution >= 0.6 is 0 Å². The summed E-state index contributed by atoms with van der Waals surface area (Å²) in [5.41, 5.74) is 0.110. The lowest BCUT2D eigenvalue weighted by Gasteiger charge is -2.41. The molecule has 3 saturated heterocycles. The van der Waals surface area contributed by atoms with E-state index in [-0.39, 0.29) is 43.9 Å². The molecule has 274 valence electrons. The Kier molecular flexibility index (Phi) is 11.3. The van der Waals surface area contributed by atoms with Gasteiger partial charge in [-0.2, -0.15) is 0 Å². The smallest absolute Gasteiger partial charge is 0.306 e. The third kappa shape index (κ3) is 6.77. The predicted octanol–water partition coefficient (Wildman–Crippen LogP) is 5.51. The molecule has 52 heavy (non-hydrogen) atoms. The molecule has 3 heterocycles. The summed E-state index contributed by atoms with van der Waals surface area (Å²) in [7, 11) is 0. The summed E-state index contributed by atoms with van der Waals surface area (Å²) in [5, 5.41) is 15.9. The summed E-state index contributed by atoms with van der Waals surface area (Å²) in [6.45, 7) is 11.3. The van der Waals surface area contributed by atoms with Gasteiger partial charge in [-0.25, -0.2) is 0 Å². The van der Waals surface area contributed by atoms with Crippen LogP contribution in [0.2, 0.25) is 0 Å². The maximum atomic E-state index is 15.1. The van der Waals surface area contributed by atoms with Gasteiger partial charge in [-0.1, -0.05) is 93.1 Å². The molecule has 0 aliphatic carbocycles. The number of aliphatic hydroxyl groups excluding tert-OH is 1. The first-order chi connectivity index (χ1) is 25.2. The van der Waals surface area contributed by atoms with Gasteiger partial charge in [0.05, 0.1) is 36.6 Å². The lowest BCUT2D eigenvalue weighted by molar-refractivity contribution is -0.147. The van der Waals surface area contributed by atoms with Crippen LogP contribution in [-0.4, -0.2) is 77.2 Å². The fourth-order valence-corrected chi connectivity index (χ4v) is 8.43. The number of rotatable bonds is 16. The third-order valence-corrected chi connectivity index (χ3v) is 11.2. The summed E-state index contributed by atoms with van der Waals surface area (Å²) < 4.78 is 12.3. The average molecular weight is 708 g/mol. The normalized spacial score (nSPS) is 24.9. The van der Waals surface area contributed by atoms with Gasteiger partial charge in [-0.3, -0.25) is 19.2 Å². The van der Waals surface area contributed by atoms with Crippen molar-refractivity contribution in [3.63, 3.8) is 0 Å². The first-order valence-corrected chi connectivity index (χ1v) is 18.3. The number of carbonyl (C=O) groups is 4. The van der Waals surface area contributed by atoms with E-state index >= 15 is 4.79 Å². The molecule has 8 atom stereocenters. The van der Waals surface area contributed by atoms with Gasteiger partial charge in [0, 0.05) is 18.7 Å². The van der Waals surface area contributed by atoms with E-state index in [9.17, 15) is 19.5 Å².